The van der Waals surface area contributed by atoms with Crippen molar-refractivity contribution in [3.05, 3.63) is 113 Å². The Kier molecular flexibility index (Phi) is 7.83. The van der Waals surface area contributed by atoms with Crippen molar-refractivity contribution in [2.75, 3.05) is 10.2 Å². The van der Waals surface area contributed by atoms with Crippen LogP contribution in [0.5, 0.6) is 0 Å². The van der Waals surface area contributed by atoms with Crippen molar-refractivity contribution in [3.63, 3.8) is 0 Å². The summed E-state index contributed by atoms with van der Waals surface area (Å²) in [5.41, 5.74) is 13.3. The maximum absolute atomic E-state index is 3.83. The van der Waals surface area contributed by atoms with E-state index < -0.39 is 0 Å². The van der Waals surface area contributed by atoms with Gasteiger partial charge in [-0.1, -0.05) is 113 Å². The highest BCUT2D eigenvalue weighted by Gasteiger charge is 2.30. The molecule has 0 aliphatic heterocycles. The Bertz CT molecular complexity index is 1530. The molecule has 0 amide bonds. The second kappa shape index (κ2) is 10.9. The molecule has 1 N–H and O–H groups in total. The molecule has 1 aliphatic carbocycles. The molecule has 226 valence electrons. The lowest BCUT2D eigenvalue weighted by Gasteiger charge is -2.33. The van der Waals surface area contributed by atoms with Crippen molar-refractivity contribution in [2.24, 2.45) is 5.41 Å². The number of hydrogen-bond donors (Lipinski definition) is 1. The summed E-state index contributed by atoms with van der Waals surface area (Å²) in [4.78, 5) is 2.44. The number of anilines is 5. The lowest BCUT2D eigenvalue weighted by atomic mass is 9.84. The molecule has 0 saturated heterocycles. The Labute approximate surface area is 261 Å². The van der Waals surface area contributed by atoms with Crippen molar-refractivity contribution in [3.8, 4) is 0 Å². The fraction of sp³-hybridized carbons (Fsp3) is 0.415. The van der Waals surface area contributed by atoms with Gasteiger partial charge >= 0.3 is 0 Å². The molecule has 4 aromatic rings. The maximum atomic E-state index is 3.83. The third-order valence-corrected chi connectivity index (χ3v) is 8.90. The summed E-state index contributed by atoms with van der Waals surface area (Å²) < 4.78 is 0. The molecule has 0 bridgehead atoms. The van der Waals surface area contributed by atoms with Gasteiger partial charge in [0, 0.05) is 28.4 Å². The topological polar surface area (TPSA) is 15.3 Å². The lowest BCUT2D eigenvalue weighted by Crippen LogP contribution is -2.20. The van der Waals surface area contributed by atoms with Gasteiger partial charge in [0.25, 0.3) is 0 Å². The standard InChI is InChI=1S/C41H52N2/c1-38(2,3)29-15-20-32(21-16-29)43(33-22-17-30(18-23-33)39(4,5)6)37-24-19-31(25-35(37)40(7,8)9)42-36-14-12-13-28-26-41(10,11)27-34(28)36/h12-25,42H,26-27H2,1-11H3. The van der Waals surface area contributed by atoms with Crippen LogP contribution in [-0.2, 0) is 29.1 Å². The normalized spacial score (nSPS) is 14.9. The van der Waals surface area contributed by atoms with Crippen molar-refractivity contribution in [1.29, 1.82) is 0 Å². The Balaban J connectivity index is 1.61. The Hall–Kier alpha value is -3.52. The lowest BCUT2D eigenvalue weighted by molar-refractivity contribution is 0.393. The first-order valence-electron chi connectivity index (χ1n) is 16.0. The number of rotatable bonds is 5. The van der Waals surface area contributed by atoms with Gasteiger partial charge in [0.2, 0.25) is 0 Å². The highest BCUT2D eigenvalue weighted by molar-refractivity contribution is 5.81. The molecule has 1 aliphatic rings. The Morgan fingerprint density at radius 3 is 1.63 bits per heavy atom. The minimum atomic E-state index is -0.0669. The summed E-state index contributed by atoms with van der Waals surface area (Å²) >= 11 is 0. The van der Waals surface area contributed by atoms with Crippen molar-refractivity contribution in [2.45, 2.75) is 105 Å². The molecule has 0 aromatic heterocycles. The number of benzene rings is 4. The average Bonchev–Trinajstić information content (AvgIpc) is 3.23. The van der Waals surface area contributed by atoms with Crippen LogP contribution in [0, 0.1) is 5.41 Å². The predicted molar refractivity (Wildman–Crippen MR) is 188 cm³/mol. The van der Waals surface area contributed by atoms with Crippen LogP contribution in [-0.4, -0.2) is 0 Å². The summed E-state index contributed by atoms with van der Waals surface area (Å²) in [6.07, 6.45) is 2.25. The fourth-order valence-electron chi connectivity index (χ4n) is 6.40. The van der Waals surface area contributed by atoms with Gasteiger partial charge in [0.15, 0.2) is 0 Å². The van der Waals surface area contributed by atoms with E-state index in [1.807, 2.05) is 0 Å². The summed E-state index contributed by atoms with van der Waals surface area (Å²) in [5.74, 6) is 0. The summed E-state index contributed by atoms with van der Waals surface area (Å²) in [6, 6.07) is 32.0. The highest BCUT2D eigenvalue weighted by Crippen LogP contribution is 2.44. The Morgan fingerprint density at radius 1 is 0.605 bits per heavy atom. The van der Waals surface area contributed by atoms with E-state index in [2.05, 4.69) is 171 Å². The second-order valence-electron chi connectivity index (χ2n) is 16.5. The molecule has 0 spiro atoms. The third kappa shape index (κ3) is 6.69. The van der Waals surface area contributed by atoms with Gasteiger partial charge in [-0.2, -0.15) is 0 Å². The molecule has 4 aromatic carbocycles. The summed E-state index contributed by atoms with van der Waals surface area (Å²) in [5, 5.41) is 3.83. The molecular weight excluding hydrogens is 520 g/mol. The van der Waals surface area contributed by atoms with Crippen LogP contribution in [0.2, 0.25) is 0 Å². The van der Waals surface area contributed by atoms with E-state index in [0.717, 1.165) is 18.5 Å². The number of nitrogens with zero attached hydrogens (tertiary/aromatic N) is 1. The van der Waals surface area contributed by atoms with Crippen molar-refractivity contribution < 1.29 is 0 Å². The number of nitrogens with one attached hydrogen (secondary N) is 1. The van der Waals surface area contributed by atoms with Crippen LogP contribution in [0.3, 0.4) is 0 Å². The first kappa shape index (κ1) is 30.9. The monoisotopic (exact) mass is 572 g/mol. The molecule has 0 radical (unpaired) electrons. The molecule has 43 heavy (non-hydrogen) atoms. The SMILES string of the molecule is CC1(C)Cc2cccc(Nc3ccc(N(c4ccc(C(C)(C)C)cc4)c4ccc(C(C)(C)C)cc4)c(C(C)(C)C)c3)c2C1. The molecule has 2 heteroatoms. The summed E-state index contributed by atoms with van der Waals surface area (Å²) in [6.45, 7) is 25.4. The van der Waals surface area contributed by atoms with Crippen molar-refractivity contribution >= 4 is 28.4 Å². The van der Waals surface area contributed by atoms with E-state index >= 15 is 0 Å². The third-order valence-electron chi connectivity index (χ3n) is 8.90. The largest absolute Gasteiger partial charge is 0.355 e. The van der Waals surface area contributed by atoms with Gasteiger partial charge in [0.1, 0.15) is 0 Å². The molecule has 0 saturated carbocycles. The van der Waals surface area contributed by atoms with E-state index in [1.165, 1.54) is 50.6 Å². The maximum Gasteiger partial charge on any atom is 0.0500 e. The zero-order valence-electron chi connectivity index (χ0n) is 28.4. The van der Waals surface area contributed by atoms with E-state index in [-0.39, 0.29) is 16.2 Å². The van der Waals surface area contributed by atoms with E-state index in [9.17, 15) is 0 Å². The van der Waals surface area contributed by atoms with Crippen LogP contribution in [0.4, 0.5) is 28.4 Å². The molecule has 0 fully saturated rings. The van der Waals surface area contributed by atoms with Crippen LogP contribution >= 0.6 is 0 Å². The molecule has 0 heterocycles. The van der Waals surface area contributed by atoms with Gasteiger partial charge in [-0.15, -0.1) is 0 Å². The molecule has 2 nitrogen and oxygen atoms in total. The average molecular weight is 573 g/mol. The van der Waals surface area contributed by atoms with Crippen molar-refractivity contribution in [1.82, 2.24) is 0 Å². The molecule has 0 unspecified atom stereocenters. The van der Waals surface area contributed by atoms with E-state index in [0.29, 0.717) is 5.41 Å². The van der Waals surface area contributed by atoms with Gasteiger partial charge in [0.05, 0.1) is 0 Å². The predicted octanol–water partition coefficient (Wildman–Crippen LogP) is 11.9. The Morgan fingerprint density at radius 2 is 1.14 bits per heavy atom. The smallest absolute Gasteiger partial charge is 0.0500 e. The van der Waals surface area contributed by atoms with E-state index in [1.54, 1.807) is 0 Å². The number of fused-ring (bicyclic) bond motifs is 1. The molecule has 0 atom stereocenters. The quantitative estimate of drug-likeness (QED) is 0.256. The zero-order valence-corrected chi connectivity index (χ0v) is 28.4. The zero-order chi connectivity index (χ0) is 31.4. The van der Waals surface area contributed by atoms with Gasteiger partial charge in [-0.05, 0) is 111 Å². The minimum Gasteiger partial charge on any atom is -0.355 e. The second-order valence-corrected chi connectivity index (χ2v) is 16.5. The fourth-order valence-corrected chi connectivity index (χ4v) is 6.40. The van der Waals surface area contributed by atoms with Crippen LogP contribution in [0.15, 0.2) is 84.9 Å². The first-order valence-corrected chi connectivity index (χ1v) is 16.0. The van der Waals surface area contributed by atoms with Gasteiger partial charge in [-0.25, -0.2) is 0 Å². The minimum absolute atomic E-state index is 0.0669. The van der Waals surface area contributed by atoms with Gasteiger partial charge in [-0.3, -0.25) is 0 Å². The van der Waals surface area contributed by atoms with Crippen LogP contribution < -0.4 is 10.2 Å². The molecular formula is C41H52N2. The van der Waals surface area contributed by atoms with E-state index in [4.69, 9.17) is 0 Å². The van der Waals surface area contributed by atoms with Gasteiger partial charge < -0.3 is 10.2 Å². The molecule has 5 rings (SSSR count). The van der Waals surface area contributed by atoms with Crippen LogP contribution in [0.25, 0.3) is 0 Å². The summed E-state index contributed by atoms with van der Waals surface area (Å²) in [7, 11) is 0. The highest BCUT2D eigenvalue weighted by atomic mass is 15.1. The first-order chi connectivity index (χ1) is 19.9. The van der Waals surface area contributed by atoms with Crippen LogP contribution in [0.1, 0.15) is 104 Å². The number of hydrogen-bond acceptors (Lipinski definition) is 2.